The molecule has 2 heterocycles. The van der Waals surface area contributed by atoms with Crippen molar-refractivity contribution >= 4 is 16.9 Å². The van der Waals surface area contributed by atoms with Gasteiger partial charge in [0.25, 0.3) is 5.91 Å². The number of carbonyl (C=O) groups excluding carboxylic acids is 1. The lowest BCUT2D eigenvalue weighted by Crippen LogP contribution is -2.30. The second kappa shape index (κ2) is 8.51. The van der Waals surface area contributed by atoms with Gasteiger partial charge in [0.15, 0.2) is 6.61 Å². The van der Waals surface area contributed by atoms with E-state index < -0.39 is 0 Å². The van der Waals surface area contributed by atoms with E-state index in [0.29, 0.717) is 17.9 Å². The molecule has 0 fully saturated rings. The number of hydrogen-bond acceptors (Lipinski definition) is 5. The topological polar surface area (TPSA) is 86.4 Å². The molecule has 7 nitrogen and oxygen atoms in total. The summed E-state index contributed by atoms with van der Waals surface area (Å²) in [6.45, 7) is 3.22. The molecule has 7 heteroatoms. The van der Waals surface area contributed by atoms with E-state index in [-0.39, 0.29) is 18.1 Å². The van der Waals surface area contributed by atoms with Crippen molar-refractivity contribution in [2.24, 2.45) is 0 Å². The van der Waals surface area contributed by atoms with Crippen molar-refractivity contribution in [2.45, 2.75) is 45.6 Å². The van der Waals surface area contributed by atoms with Crippen LogP contribution in [-0.2, 0) is 24.2 Å². The molecule has 1 amide bonds. The predicted octanol–water partition coefficient (Wildman–Crippen LogP) is 2.76. The molecule has 0 bridgehead atoms. The number of imidazole rings is 1. The van der Waals surface area contributed by atoms with Gasteiger partial charge in [-0.3, -0.25) is 4.79 Å². The Morgan fingerprint density at radius 3 is 2.90 bits per heavy atom. The first kappa shape index (κ1) is 19.2. The van der Waals surface area contributed by atoms with Gasteiger partial charge in [0.05, 0.1) is 11.7 Å². The Hall–Kier alpha value is -3.09. The van der Waals surface area contributed by atoms with Gasteiger partial charge in [-0.1, -0.05) is 0 Å². The van der Waals surface area contributed by atoms with Gasteiger partial charge in [-0.2, -0.15) is 0 Å². The van der Waals surface area contributed by atoms with Crippen LogP contribution in [0.25, 0.3) is 11.0 Å². The number of carbonyl (C=O) groups is 1. The SMILES string of the molecule is Cc1cc(OCC(=O)NCCCn2ccnc2)c2c3c(c(=O)oc2c1)CCCC3. The van der Waals surface area contributed by atoms with Crippen LogP contribution in [0.2, 0.25) is 0 Å². The second-order valence-corrected chi connectivity index (χ2v) is 7.48. The number of hydrogen-bond donors (Lipinski definition) is 1. The van der Waals surface area contributed by atoms with Gasteiger partial charge >= 0.3 is 5.63 Å². The van der Waals surface area contributed by atoms with E-state index in [1.54, 1.807) is 12.5 Å². The number of aryl methyl sites for hydroxylation is 3. The first-order valence-corrected chi connectivity index (χ1v) is 10.1. The lowest BCUT2D eigenvalue weighted by molar-refractivity contribution is -0.123. The molecule has 0 atom stereocenters. The maximum Gasteiger partial charge on any atom is 0.339 e. The van der Waals surface area contributed by atoms with Crippen LogP contribution in [0.1, 0.15) is 36.0 Å². The molecule has 0 saturated carbocycles. The Morgan fingerprint density at radius 2 is 2.10 bits per heavy atom. The fraction of sp³-hybridized carbons (Fsp3) is 0.409. The van der Waals surface area contributed by atoms with Crippen LogP contribution in [0, 0.1) is 6.92 Å². The minimum absolute atomic E-state index is 0.0719. The van der Waals surface area contributed by atoms with Crippen molar-refractivity contribution in [3.8, 4) is 5.75 Å². The van der Waals surface area contributed by atoms with E-state index in [2.05, 4.69) is 10.3 Å². The zero-order chi connectivity index (χ0) is 20.2. The highest BCUT2D eigenvalue weighted by atomic mass is 16.5. The summed E-state index contributed by atoms with van der Waals surface area (Å²) >= 11 is 0. The molecule has 0 aliphatic heterocycles. The van der Waals surface area contributed by atoms with E-state index in [0.717, 1.165) is 60.7 Å². The van der Waals surface area contributed by atoms with E-state index in [9.17, 15) is 9.59 Å². The van der Waals surface area contributed by atoms with Crippen molar-refractivity contribution in [1.29, 1.82) is 0 Å². The van der Waals surface area contributed by atoms with E-state index in [4.69, 9.17) is 9.15 Å². The molecule has 0 spiro atoms. The quantitative estimate of drug-likeness (QED) is 0.491. The van der Waals surface area contributed by atoms with Gasteiger partial charge < -0.3 is 19.0 Å². The Labute approximate surface area is 168 Å². The largest absolute Gasteiger partial charge is 0.483 e. The summed E-state index contributed by atoms with van der Waals surface area (Å²) in [7, 11) is 0. The van der Waals surface area contributed by atoms with E-state index in [1.807, 2.05) is 29.8 Å². The molecule has 29 heavy (non-hydrogen) atoms. The highest BCUT2D eigenvalue weighted by Gasteiger charge is 2.21. The third kappa shape index (κ3) is 4.34. The highest BCUT2D eigenvalue weighted by molar-refractivity contribution is 5.89. The average Bonchev–Trinajstić information content (AvgIpc) is 3.23. The van der Waals surface area contributed by atoms with Crippen molar-refractivity contribution in [2.75, 3.05) is 13.2 Å². The number of aromatic nitrogens is 2. The van der Waals surface area contributed by atoms with Crippen molar-refractivity contribution in [3.05, 3.63) is 58.0 Å². The summed E-state index contributed by atoms with van der Waals surface area (Å²) in [5.74, 6) is 0.437. The van der Waals surface area contributed by atoms with Gasteiger partial charge in [-0.15, -0.1) is 0 Å². The van der Waals surface area contributed by atoms with Crippen molar-refractivity contribution < 1.29 is 13.9 Å². The molecule has 1 aromatic carbocycles. The van der Waals surface area contributed by atoms with Crippen LogP contribution in [0.15, 0.2) is 40.1 Å². The van der Waals surface area contributed by atoms with Gasteiger partial charge in [0.2, 0.25) is 0 Å². The summed E-state index contributed by atoms with van der Waals surface area (Å²) < 4.78 is 13.4. The summed E-state index contributed by atoms with van der Waals surface area (Å²) in [6.07, 6.45) is 9.80. The fourth-order valence-corrected chi connectivity index (χ4v) is 3.88. The molecule has 0 radical (unpaired) electrons. The fourth-order valence-electron chi connectivity index (χ4n) is 3.88. The van der Waals surface area contributed by atoms with Crippen LogP contribution in [0.4, 0.5) is 0 Å². The third-order valence-electron chi connectivity index (χ3n) is 5.26. The van der Waals surface area contributed by atoms with E-state index >= 15 is 0 Å². The molecule has 4 rings (SSSR count). The van der Waals surface area contributed by atoms with Crippen LogP contribution in [0.3, 0.4) is 0 Å². The molecule has 3 aromatic rings. The summed E-state index contributed by atoms with van der Waals surface area (Å²) in [4.78, 5) is 28.5. The number of nitrogens with zero attached hydrogens (tertiary/aromatic N) is 2. The Balaban J connectivity index is 1.44. The molecule has 2 aromatic heterocycles. The summed E-state index contributed by atoms with van der Waals surface area (Å²) in [5, 5.41) is 3.71. The first-order chi connectivity index (χ1) is 14.1. The van der Waals surface area contributed by atoms with Gasteiger partial charge in [0.1, 0.15) is 11.3 Å². The van der Waals surface area contributed by atoms with Crippen molar-refractivity contribution in [1.82, 2.24) is 14.9 Å². The second-order valence-electron chi connectivity index (χ2n) is 7.48. The zero-order valence-corrected chi connectivity index (χ0v) is 16.6. The Bertz CT molecular complexity index is 1070. The molecule has 1 aliphatic rings. The highest BCUT2D eigenvalue weighted by Crippen LogP contribution is 2.34. The molecule has 0 unspecified atom stereocenters. The first-order valence-electron chi connectivity index (χ1n) is 10.1. The van der Waals surface area contributed by atoms with Crippen molar-refractivity contribution in [3.63, 3.8) is 0 Å². The number of nitrogens with one attached hydrogen (secondary N) is 1. The number of rotatable bonds is 7. The lowest BCUT2D eigenvalue weighted by Gasteiger charge is -2.18. The van der Waals surface area contributed by atoms with Gasteiger partial charge in [0, 0.05) is 31.0 Å². The molecular weight excluding hydrogens is 370 g/mol. The number of benzene rings is 1. The maximum atomic E-state index is 12.3. The number of ether oxygens (including phenoxy) is 1. The summed E-state index contributed by atoms with van der Waals surface area (Å²) in [5.41, 5.74) is 2.97. The number of amides is 1. The predicted molar refractivity (Wildman–Crippen MR) is 109 cm³/mol. The van der Waals surface area contributed by atoms with E-state index in [1.165, 1.54) is 0 Å². The van der Waals surface area contributed by atoms with Crippen LogP contribution < -0.4 is 15.7 Å². The third-order valence-corrected chi connectivity index (χ3v) is 5.26. The van der Waals surface area contributed by atoms with Gasteiger partial charge in [-0.25, -0.2) is 9.78 Å². The summed E-state index contributed by atoms with van der Waals surface area (Å²) in [6, 6.07) is 3.76. The molecule has 1 N–H and O–H groups in total. The molecule has 152 valence electrons. The molecular formula is C22H25N3O4. The van der Waals surface area contributed by atoms with Crippen LogP contribution >= 0.6 is 0 Å². The Kier molecular flexibility index (Phi) is 5.64. The normalized spacial score (nSPS) is 13.3. The smallest absolute Gasteiger partial charge is 0.339 e. The monoisotopic (exact) mass is 395 g/mol. The molecule has 0 saturated heterocycles. The van der Waals surface area contributed by atoms with Gasteiger partial charge in [-0.05, 0) is 62.3 Å². The van der Waals surface area contributed by atoms with Crippen LogP contribution in [-0.4, -0.2) is 28.6 Å². The minimum Gasteiger partial charge on any atom is -0.483 e. The molecule has 1 aliphatic carbocycles. The minimum atomic E-state index is -0.251. The Morgan fingerprint density at radius 1 is 1.28 bits per heavy atom. The number of fused-ring (bicyclic) bond motifs is 3. The lowest BCUT2D eigenvalue weighted by atomic mass is 9.90. The van der Waals surface area contributed by atoms with Crippen LogP contribution in [0.5, 0.6) is 5.75 Å². The maximum absolute atomic E-state index is 12.3. The zero-order valence-electron chi connectivity index (χ0n) is 16.6. The standard InChI is InChI=1S/C22H25N3O4/c1-15-11-18(28-13-20(26)24-7-4-9-25-10-8-23-14-25)21-16-5-2-3-6-17(16)22(27)29-19(21)12-15/h8,10-12,14H,2-7,9,13H2,1H3,(H,24,26). The average molecular weight is 395 g/mol.